The van der Waals surface area contributed by atoms with Crippen molar-refractivity contribution in [2.75, 3.05) is 4.90 Å². The highest BCUT2D eigenvalue weighted by Crippen LogP contribution is 2.47. The zero-order chi connectivity index (χ0) is 47.0. The lowest BCUT2D eigenvalue weighted by Crippen LogP contribution is -2.16. The Morgan fingerprint density at radius 3 is 1.52 bits per heavy atom. The van der Waals surface area contributed by atoms with Gasteiger partial charge in [0.1, 0.15) is 22.3 Å². The predicted octanol–water partition coefficient (Wildman–Crippen LogP) is 19.4. The van der Waals surface area contributed by atoms with Crippen LogP contribution in [-0.2, 0) is 10.8 Å². The fraction of sp³-hybridized carbons (Fsp3) is 0.121. The molecule has 0 aliphatic carbocycles. The second-order valence-electron chi connectivity index (χ2n) is 20.5. The standard InChI is InChI=1S/C66H53NO2/c1-65(2,3)47-38-46(39-48(41-47)66(4,5)6)51-21-13-16-44-17-14-23-57(63(44)51)53-18-7-10-25-59(53)67(49-33-28-42(29-34-49)45-32-37-56-54-19-8-11-26-60(54)68-62(56)40-45)50-35-30-43(31-36-50)52-22-15-24-58-55-20-9-12-27-61(55)69-64(52)58/h7-41H,1-6H3. The number of hydrogen-bond acceptors (Lipinski definition) is 3. The maximum atomic E-state index is 6.51. The predicted molar refractivity (Wildman–Crippen MR) is 292 cm³/mol. The Balaban J connectivity index is 1.02. The van der Waals surface area contributed by atoms with E-state index in [9.17, 15) is 0 Å². The zero-order valence-corrected chi connectivity index (χ0v) is 40.0. The lowest BCUT2D eigenvalue weighted by atomic mass is 9.78. The van der Waals surface area contributed by atoms with E-state index in [-0.39, 0.29) is 10.8 Å². The molecule has 3 nitrogen and oxygen atoms in total. The fourth-order valence-corrected chi connectivity index (χ4v) is 10.3. The Bertz CT molecular complexity index is 3870. The lowest BCUT2D eigenvalue weighted by Gasteiger charge is -2.29. The van der Waals surface area contributed by atoms with Crippen molar-refractivity contribution in [3.63, 3.8) is 0 Å². The van der Waals surface area contributed by atoms with Gasteiger partial charge in [0.15, 0.2) is 0 Å². The number of para-hydroxylation sites is 4. The molecule has 12 rings (SSSR count). The van der Waals surface area contributed by atoms with E-state index in [4.69, 9.17) is 8.83 Å². The summed E-state index contributed by atoms with van der Waals surface area (Å²) >= 11 is 0. The van der Waals surface area contributed by atoms with Crippen LogP contribution in [0.4, 0.5) is 17.1 Å². The first-order chi connectivity index (χ1) is 33.5. The van der Waals surface area contributed by atoms with Crippen LogP contribution in [0.15, 0.2) is 221 Å². The van der Waals surface area contributed by atoms with Crippen molar-refractivity contribution in [3.05, 3.63) is 223 Å². The third-order valence-corrected chi connectivity index (χ3v) is 14.0. The maximum Gasteiger partial charge on any atom is 0.143 e. The number of hydrogen-bond donors (Lipinski definition) is 0. The van der Waals surface area contributed by atoms with Crippen LogP contribution in [0.5, 0.6) is 0 Å². The zero-order valence-electron chi connectivity index (χ0n) is 40.0. The van der Waals surface area contributed by atoms with E-state index in [1.807, 2.05) is 24.3 Å². The summed E-state index contributed by atoms with van der Waals surface area (Å²) in [5, 5.41) is 6.96. The monoisotopic (exact) mass is 891 g/mol. The molecule has 0 bridgehead atoms. The van der Waals surface area contributed by atoms with Gasteiger partial charge in [0.05, 0.1) is 5.69 Å². The summed E-state index contributed by atoms with van der Waals surface area (Å²) in [6, 6.07) is 77.1. The molecule has 0 spiro atoms. The number of benzene rings is 10. The van der Waals surface area contributed by atoms with E-state index < -0.39 is 0 Å². The third kappa shape index (κ3) is 7.46. The smallest absolute Gasteiger partial charge is 0.143 e. The van der Waals surface area contributed by atoms with Gasteiger partial charge in [-0.2, -0.15) is 0 Å². The Kier molecular flexibility index (Phi) is 9.97. The average molecular weight is 892 g/mol. The van der Waals surface area contributed by atoms with Crippen molar-refractivity contribution in [2.45, 2.75) is 52.4 Å². The van der Waals surface area contributed by atoms with Crippen LogP contribution < -0.4 is 4.90 Å². The Morgan fingerprint density at radius 1 is 0.333 bits per heavy atom. The topological polar surface area (TPSA) is 29.5 Å². The molecular formula is C66H53NO2. The molecule has 69 heavy (non-hydrogen) atoms. The van der Waals surface area contributed by atoms with Gasteiger partial charge in [-0.25, -0.2) is 0 Å². The van der Waals surface area contributed by atoms with Crippen LogP contribution in [0.3, 0.4) is 0 Å². The van der Waals surface area contributed by atoms with Gasteiger partial charge in [0.25, 0.3) is 0 Å². The van der Waals surface area contributed by atoms with Crippen molar-refractivity contribution < 1.29 is 8.83 Å². The van der Waals surface area contributed by atoms with Gasteiger partial charge >= 0.3 is 0 Å². The van der Waals surface area contributed by atoms with Gasteiger partial charge in [-0.05, 0) is 121 Å². The van der Waals surface area contributed by atoms with E-state index in [1.54, 1.807) is 0 Å². The minimum Gasteiger partial charge on any atom is -0.456 e. The van der Waals surface area contributed by atoms with Crippen LogP contribution in [-0.4, -0.2) is 0 Å². The van der Waals surface area contributed by atoms with Gasteiger partial charge in [0.2, 0.25) is 0 Å². The van der Waals surface area contributed by atoms with Crippen molar-refractivity contribution >= 4 is 71.7 Å². The van der Waals surface area contributed by atoms with Crippen LogP contribution >= 0.6 is 0 Å². The quantitative estimate of drug-likeness (QED) is 0.160. The van der Waals surface area contributed by atoms with Crippen LogP contribution in [0, 0.1) is 0 Å². The van der Waals surface area contributed by atoms with E-state index in [0.717, 1.165) is 88.8 Å². The second kappa shape index (κ2) is 16.3. The lowest BCUT2D eigenvalue weighted by molar-refractivity contribution is 0.569. The van der Waals surface area contributed by atoms with Crippen LogP contribution in [0.2, 0.25) is 0 Å². The van der Waals surface area contributed by atoms with E-state index in [2.05, 4.69) is 234 Å². The van der Waals surface area contributed by atoms with Gasteiger partial charge in [0, 0.05) is 44.0 Å². The molecule has 0 fully saturated rings. The average Bonchev–Trinajstić information content (AvgIpc) is 3.94. The largest absolute Gasteiger partial charge is 0.456 e. The summed E-state index contributed by atoms with van der Waals surface area (Å²) in [5.74, 6) is 0. The summed E-state index contributed by atoms with van der Waals surface area (Å²) in [6.07, 6.45) is 0. The van der Waals surface area contributed by atoms with Crippen molar-refractivity contribution in [3.8, 4) is 44.5 Å². The summed E-state index contributed by atoms with van der Waals surface area (Å²) in [5.41, 5.74) is 18.6. The fourth-order valence-electron chi connectivity index (χ4n) is 10.3. The molecule has 2 heterocycles. The minimum absolute atomic E-state index is 0.0135. The Morgan fingerprint density at radius 2 is 0.841 bits per heavy atom. The van der Waals surface area contributed by atoms with Crippen LogP contribution in [0.25, 0.3) is 99.2 Å². The minimum atomic E-state index is -0.0135. The Hall–Kier alpha value is -8.14. The number of anilines is 3. The third-order valence-electron chi connectivity index (χ3n) is 14.0. The summed E-state index contributed by atoms with van der Waals surface area (Å²) in [7, 11) is 0. The van der Waals surface area contributed by atoms with Gasteiger partial charge in [-0.15, -0.1) is 0 Å². The van der Waals surface area contributed by atoms with E-state index in [1.165, 1.54) is 38.6 Å². The van der Waals surface area contributed by atoms with Crippen molar-refractivity contribution in [2.24, 2.45) is 0 Å². The number of rotatable bonds is 7. The van der Waals surface area contributed by atoms with Gasteiger partial charge in [-0.3, -0.25) is 0 Å². The second-order valence-corrected chi connectivity index (χ2v) is 20.5. The molecule has 0 saturated carbocycles. The summed E-state index contributed by atoms with van der Waals surface area (Å²) in [4.78, 5) is 2.41. The Labute approximate surface area is 403 Å². The number of furan rings is 2. The molecule has 334 valence electrons. The van der Waals surface area contributed by atoms with Crippen molar-refractivity contribution in [1.82, 2.24) is 0 Å². The molecule has 0 unspecified atom stereocenters. The summed E-state index contributed by atoms with van der Waals surface area (Å²) in [6.45, 7) is 13.9. The first-order valence-electron chi connectivity index (χ1n) is 24.1. The highest BCUT2D eigenvalue weighted by Gasteiger charge is 2.24. The SMILES string of the molecule is CC(C)(C)c1cc(-c2cccc3cccc(-c4ccccc4N(c4ccc(-c5ccc6c(c5)oc5ccccc56)cc4)c4ccc(-c5cccc6c5oc5ccccc56)cc4)c23)cc(C(C)(C)C)c1. The number of nitrogens with zero attached hydrogens (tertiary/aromatic N) is 1. The molecule has 0 atom stereocenters. The molecule has 3 heteroatoms. The normalized spacial score (nSPS) is 12.2. The first-order valence-corrected chi connectivity index (χ1v) is 24.1. The van der Waals surface area contributed by atoms with Gasteiger partial charge in [-0.1, -0.05) is 199 Å². The van der Waals surface area contributed by atoms with Crippen molar-refractivity contribution in [1.29, 1.82) is 0 Å². The van der Waals surface area contributed by atoms with E-state index in [0.29, 0.717) is 0 Å². The highest BCUT2D eigenvalue weighted by molar-refractivity contribution is 6.11. The molecule has 0 N–H and O–H groups in total. The molecule has 2 aromatic heterocycles. The molecule has 0 saturated heterocycles. The molecule has 0 aliphatic rings. The molecule has 0 aliphatic heterocycles. The van der Waals surface area contributed by atoms with Gasteiger partial charge < -0.3 is 13.7 Å². The molecule has 12 aromatic rings. The molecule has 10 aromatic carbocycles. The van der Waals surface area contributed by atoms with Crippen LogP contribution in [0.1, 0.15) is 52.7 Å². The molecule has 0 amide bonds. The first kappa shape index (κ1) is 42.2. The summed E-state index contributed by atoms with van der Waals surface area (Å²) < 4.78 is 12.8. The highest BCUT2D eigenvalue weighted by atomic mass is 16.3. The number of fused-ring (bicyclic) bond motifs is 7. The molecular weight excluding hydrogens is 839 g/mol. The maximum absolute atomic E-state index is 6.51. The van der Waals surface area contributed by atoms with E-state index >= 15 is 0 Å². The molecule has 0 radical (unpaired) electrons.